The van der Waals surface area contributed by atoms with Crippen LogP contribution in [0.3, 0.4) is 0 Å². The Bertz CT molecular complexity index is 578. The number of likely N-dealkylation sites (tertiary alicyclic amines) is 1. The SMILES string of the molecule is COc1cc(C2CC(CN)CN2C)cc2[nH]ccc12. The van der Waals surface area contributed by atoms with Gasteiger partial charge in [0.05, 0.1) is 7.11 Å². The van der Waals surface area contributed by atoms with Crippen LogP contribution in [-0.2, 0) is 0 Å². The van der Waals surface area contributed by atoms with Gasteiger partial charge in [0.1, 0.15) is 5.75 Å². The molecule has 4 heteroatoms. The first-order valence-electron chi connectivity index (χ1n) is 6.78. The van der Waals surface area contributed by atoms with Gasteiger partial charge in [-0.15, -0.1) is 0 Å². The number of nitrogens with two attached hydrogens (primary N) is 1. The van der Waals surface area contributed by atoms with Crippen molar-refractivity contribution in [2.75, 3.05) is 27.2 Å². The van der Waals surface area contributed by atoms with Gasteiger partial charge >= 0.3 is 0 Å². The highest BCUT2D eigenvalue weighted by atomic mass is 16.5. The van der Waals surface area contributed by atoms with E-state index in [0.717, 1.165) is 36.2 Å². The van der Waals surface area contributed by atoms with Crippen molar-refractivity contribution in [3.63, 3.8) is 0 Å². The van der Waals surface area contributed by atoms with Gasteiger partial charge in [0, 0.05) is 29.7 Å². The molecular weight excluding hydrogens is 238 g/mol. The van der Waals surface area contributed by atoms with E-state index in [2.05, 4.69) is 35.1 Å². The maximum Gasteiger partial charge on any atom is 0.128 e. The highest BCUT2D eigenvalue weighted by Crippen LogP contribution is 2.37. The lowest BCUT2D eigenvalue weighted by atomic mass is 9.98. The van der Waals surface area contributed by atoms with Crippen molar-refractivity contribution in [3.8, 4) is 5.75 Å². The molecule has 1 aromatic carbocycles. The molecule has 0 radical (unpaired) electrons. The van der Waals surface area contributed by atoms with E-state index < -0.39 is 0 Å². The average Bonchev–Trinajstić information content (AvgIpc) is 3.03. The minimum Gasteiger partial charge on any atom is -0.496 e. The summed E-state index contributed by atoms with van der Waals surface area (Å²) in [5.74, 6) is 1.54. The van der Waals surface area contributed by atoms with Crippen molar-refractivity contribution >= 4 is 10.9 Å². The van der Waals surface area contributed by atoms with Crippen LogP contribution in [0.1, 0.15) is 18.0 Å². The first-order valence-corrected chi connectivity index (χ1v) is 6.78. The van der Waals surface area contributed by atoms with Crippen LogP contribution < -0.4 is 10.5 Å². The smallest absolute Gasteiger partial charge is 0.128 e. The number of fused-ring (bicyclic) bond motifs is 1. The molecule has 0 aliphatic carbocycles. The minimum absolute atomic E-state index is 0.440. The van der Waals surface area contributed by atoms with Gasteiger partial charge < -0.3 is 15.5 Å². The molecule has 0 spiro atoms. The number of hydrogen-bond donors (Lipinski definition) is 2. The van der Waals surface area contributed by atoms with Crippen molar-refractivity contribution in [2.24, 2.45) is 11.7 Å². The number of methoxy groups -OCH3 is 1. The van der Waals surface area contributed by atoms with Gasteiger partial charge in [-0.05, 0) is 49.7 Å². The summed E-state index contributed by atoms with van der Waals surface area (Å²) >= 11 is 0. The van der Waals surface area contributed by atoms with Crippen molar-refractivity contribution in [1.82, 2.24) is 9.88 Å². The zero-order chi connectivity index (χ0) is 13.4. The summed E-state index contributed by atoms with van der Waals surface area (Å²) in [5, 5.41) is 1.14. The van der Waals surface area contributed by atoms with Gasteiger partial charge in [-0.1, -0.05) is 0 Å². The van der Waals surface area contributed by atoms with Crippen LogP contribution >= 0.6 is 0 Å². The summed E-state index contributed by atoms with van der Waals surface area (Å²) in [6.45, 7) is 1.84. The molecule has 102 valence electrons. The molecule has 2 atom stereocenters. The highest BCUT2D eigenvalue weighted by Gasteiger charge is 2.30. The predicted molar refractivity (Wildman–Crippen MR) is 77.4 cm³/mol. The zero-order valence-corrected chi connectivity index (χ0v) is 11.5. The van der Waals surface area contributed by atoms with E-state index >= 15 is 0 Å². The molecule has 1 aliphatic heterocycles. The van der Waals surface area contributed by atoms with Crippen molar-refractivity contribution in [2.45, 2.75) is 12.5 Å². The third kappa shape index (κ3) is 2.11. The van der Waals surface area contributed by atoms with E-state index in [1.54, 1.807) is 7.11 Å². The third-order valence-electron chi connectivity index (χ3n) is 4.23. The van der Waals surface area contributed by atoms with E-state index in [9.17, 15) is 0 Å². The Balaban J connectivity index is 2.00. The second-order valence-electron chi connectivity index (χ2n) is 5.45. The lowest BCUT2D eigenvalue weighted by Crippen LogP contribution is -2.20. The minimum atomic E-state index is 0.440. The van der Waals surface area contributed by atoms with E-state index in [1.807, 2.05) is 6.20 Å². The molecule has 1 saturated heterocycles. The maximum absolute atomic E-state index is 5.81. The largest absolute Gasteiger partial charge is 0.496 e. The van der Waals surface area contributed by atoms with Crippen LogP contribution in [-0.4, -0.2) is 37.1 Å². The molecule has 0 bridgehead atoms. The Kier molecular flexibility index (Phi) is 3.21. The van der Waals surface area contributed by atoms with E-state index in [0.29, 0.717) is 12.0 Å². The normalized spacial score (nSPS) is 24.2. The van der Waals surface area contributed by atoms with Crippen molar-refractivity contribution < 1.29 is 4.74 Å². The van der Waals surface area contributed by atoms with Crippen molar-refractivity contribution in [3.05, 3.63) is 30.0 Å². The first kappa shape index (κ1) is 12.5. The second-order valence-corrected chi connectivity index (χ2v) is 5.45. The molecular formula is C15H21N3O. The summed E-state index contributed by atoms with van der Waals surface area (Å²) in [5.41, 5.74) is 8.26. The second kappa shape index (κ2) is 4.87. The number of hydrogen-bond acceptors (Lipinski definition) is 3. The molecule has 19 heavy (non-hydrogen) atoms. The number of nitrogens with one attached hydrogen (secondary N) is 1. The molecule has 4 nitrogen and oxygen atoms in total. The summed E-state index contributed by atoms with van der Waals surface area (Å²) in [6, 6.07) is 6.89. The molecule has 2 aromatic rings. The molecule has 3 rings (SSSR count). The Morgan fingerprint density at radius 2 is 2.32 bits per heavy atom. The van der Waals surface area contributed by atoms with Crippen LogP contribution in [0.25, 0.3) is 10.9 Å². The number of aromatic amines is 1. The predicted octanol–water partition coefficient (Wildman–Crippen LogP) is 2.13. The number of nitrogens with zero attached hydrogens (tertiary/aromatic N) is 1. The summed E-state index contributed by atoms with van der Waals surface area (Å²) in [7, 11) is 3.90. The molecule has 1 aliphatic rings. The fraction of sp³-hybridized carbons (Fsp3) is 0.467. The zero-order valence-electron chi connectivity index (χ0n) is 11.5. The van der Waals surface area contributed by atoms with E-state index in [4.69, 9.17) is 10.5 Å². The van der Waals surface area contributed by atoms with Crippen LogP contribution in [0.15, 0.2) is 24.4 Å². The van der Waals surface area contributed by atoms with E-state index in [-0.39, 0.29) is 0 Å². The summed E-state index contributed by atoms with van der Waals surface area (Å²) in [4.78, 5) is 5.66. The molecule has 2 unspecified atom stereocenters. The van der Waals surface area contributed by atoms with Gasteiger partial charge in [-0.2, -0.15) is 0 Å². The lowest BCUT2D eigenvalue weighted by Gasteiger charge is -2.20. The number of aromatic nitrogens is 1. The third-order valence-corrected chi connectivity index (χ3v) is 4.23. The molecule has 1 aromatic heterocycles. The number of benzene rings is 1. The van der Waals surface area contributed by atoms with E-state index in [1.165, 1.54) is 5.56 Å². The number of rotatable bonds is 3. The van der Waals surface area contributed by atoms with Gasteiger partial charge in [-0.25, -0.2) is 0 Å². The molecule has 3 N–H and O–H groups in total. The fourth-order valence-corrected chi connectivity index (χ4v) is 3.18. The monoisotopic (exact) mass is 259 g/mol. The molecule has 0 amide bonds. The van der Waals surface area contributed by atoms with Crippen molar-refractivity contribution in [1.29, 1.82) is 0 Å². The van der Waals surface area contributed by atoms with Crippen LogP contribution in [0, 0.1) is 5.92 Å². The number of H-pyrrole nitrogens is 1. The lowest BCUT2D eigenvalue weighted by molar-refractivity contribution is 0.313. The Morgan fingerprint density at radius 1 is 1.47 bits per heavy atom. The molecule has 0 saturated carbocycles. The highest BCUT2D eigenvalue weighted by molar-refractivity contribution is 5.86. The van der Waals surface area contributed by atoms with Gasteiger partial charge in [-0.3, -0.25) is 4.90 Å². The molecule has 2 heterocycles. The quantitative estimate of drug-likeness (QED) is 0.888. The fourth-order valence-electron chi connectivity index (χ4n) is 3.18. The van der Waals surface area contributed by atoms with Crippen LogP contribution in [0.4, 0.5) is 0 Å². The molecule has 1 fully saturated rings. The summed E-state index contributed by atoms with van der Waals surface area (Å²) < 4.78 is 5.51. The topological polar surface area (TPSA) is 54.3 Å². The standard InChI is InChI=1S/C15H21N3O/c1-18-9-10(8-16)5-14(18)11-6-13-12(3-4-17-13)15(7-11)19-2/h3-4,6-7,10,14,17H,5,8-9,16H2,1-2H3. The van der Waals surface area contributed by atoms with Gasteiger partial charge in [0.15, 0.2) is 0 Å². The average molecular weight is 259 g/mol. The van der Waals surface area contributed by atoms with Gasteiger partial charge in [0.25, 0.3) is 0 Å². The maximum atomic E-state index is 5.81. The Hall–Kier alpha value is -1.52. The Morgan fingerprint density at radius 3 is 3.00 bits per heavy atom. The summed E-state index contributed by atoms with van der Waals surface area (Å²) in [6.07, 6.45) is 3.08. The first-order chi connectivity index (χ1) is 9.22. The van der Waals surface area contributed by atoms with Crippen LogP contribution in [0.2, 0.25) is 0 Å². The van der Waals surface area contributed by atoms with Gasteiger partial charge in [0.2, 0.25) is 0 Å². The Labute approximate surface area is 113 Å². The van der Waals surface area contributed by atoms with Crippen LogP contribution in [0.5, 0.6) is 5.75 Å². The number of ether oxygens (including phenoxy) is 1.